The van der Waals surface area contributed by atoms with Crippen LogP contribution in [0.2, 0.25) is 0 Å². The zero-order valence-corrected chi connectivity index (χ0v) is 10.9. The largest absolute Gasteiger partial charge is 0.493 e. The molecule has 1 rings (SSSR count). The lowest BCUT2D eigenvalue weighted by molar-refractivity contribution is -0.143. The summed E-state index contributed by atoms with van der Waals surface area (Å²) in [5.74, 6) is -0.702. The van der Waals surface area contributed by atoms with Gasteiger partial charge >= 0.3 is 12.4 Å². The van der Waals surface area contributed by atoms with Crippen molar-refractivity contribution in [2.45, 2.75) is 38.5 Å². The second kappa shape index (κ2) is 5.93. The molecule has 0 aromatic heterocycles. The normalized spacial score (nSPS) is 12.8. The molecule has 0 unspecified atom stereocenters. The molecule has 7 heteroatoms. The van der Waals surface area contributed by atoms with Gasteiger partial charge in [-0.25, -0.2) is 0 Å². The summed E-state index contributed by atoms with van der Waals surface area (Å²) in [4.78, 5) is 0. The molecular weight excluding hydrogens is 286 g/mol. The third-order valence-corrected chi connectivity index (χ3v) is 2.62. The van der Waals surface area contributed by atoms with Crippen LogP contribution in [0, 0.1) is 0 Å². The Kier molecular flexibility index (Phi) is 4.94. The highest BCUT2D eigenvalue weighted by atomic mass is 19.4. The Hall–Kier alpha value is -1.40. The lowest BCUT2D eigenvalue weighted by atomic mass is 10.00. The fraction of sp³-hybridized carbons (Fsp3) is 0.538. The maximum absolute atomic E-state index is 12.9. The van der Waals surface area contributed by atoms with Gasteiger partial charge in [-0.2, -0.15) is 26.3 Å². The maximum atomic E-state index is 12.9. The van der Waals surface area contributed by atoms with Gasteiger partial charge in [0.25, 0.3) is 0 Å². The van der Waals surface area contributed by atoms with Gasteiger partial charge in [0.05, 0.1) is 18.6 Å². The molecule has 20 heavy (non-hydrogen) atoms. The average molecular weight is 300 g/mol. The predicted octanol–water partition coefficient (Wildman–Crippen LogP) is 5.16. The van der Waals surface area contributed by atoms with Crippen molar-refractivity contribution in [2.24, 2.45) is 0 Å². The molecule has 0 fully saturated rings. The van der Waals surface area contributed by atoms with Crippen molar-refractivity contribution in [3.63, 3.8) is 0 Å². The molecule has 0 aliphatic rings. The Labute approximate surface area is 112 Å². The van der Waals surface area contributed by atoms with Gasteiger partial charge in [-0.15, -0.1) is 0 Å². The lowest BCUT2D eigenvalue weighted by Gasteiger charge is -2.17. The molecule has 0 aliphatic heterocycles. The Balaban J connectivity index is 2.95. The zero-order chi connectivity index (χ0) is 15.6. The van der Waals surface area contributed by atoms with E-state index >= 15 is 0 Å². The second-order valence-electron chi connectivity index (χ2n) is 4.62. The van der Waals surface area contributed by atoms with E-state index in [4.69, 9.17) is 0 Å². The molecule has 0 amide bonds. The van der Waals surface area contributed by atoms with Crippen LogP contribution in [0.5, 0.6) is 5.75 Å². The van der Waals surface area contributed by atoms with Crippen molar-refractivity contribution in [1.82, 2.24) is 0 Å². The first-order valence-corrected chi connectivity index (χ1v) is 5.91. The summed E-state index contributed by atoms with van der Waals surface area (Å²) >= 11 is 0. The van der Waals surface area contributed by atoms with Crippen LogP contribution < -0.4 is 4.74 Å². The van der Waals surface area contributed by atoms with E-state index in [2.05, 4.69) is 4.74 Å². The average Bonchev–Trinajstić information content (AvgIpc) is 2.25. The lowest BCUT2D eigenvalue weighted by Crippen LogP contribution is -2.15. The van der Waals surface area contributed by atoms with Gasteiger partial charge in [0, 0.05) is 0 Å². The molecule has 1 nitrogen and oxygen atoms in total. The number of alkyl halides is 6. The van der Waals surface area contributed by atoms with Crippen molar-refractivity contribution in [1.29, 1.82) is 0 Å². The monoisotopic (exact) mass is 300 g/mol. The van der Waals surface area contributed by atoms with E-state index in [1.165, 1.54) is 6.07 Å². The summed E-state index contributed by atoms with van der Waals surface area (Å²) in [6.45, 7) is 2.60. The van der Waals surface area contributed by atoms with Crippen molar-refractivity contribution < 1.29 is 31.1 Å². The standard InChI is InChI=1S/C13H14F6O/c1-8(2)9-3-4-11(10(7-9)13(17,18)19)20-6-5-12(14,15)16/h3-4,7-8H,5-6H2,1-2H3. The third-order valence-electron chi connectivity index (χ3n) is 2.62. The Morgan fingerprint density at radius 1 is 1.05 bits per heavy atom. The van der Waals surface area contributed by atoms with Gasteiger partial charge in [-0.3, -0.25) is 0 Å². The van der Waals surface area contributed by atoms with Gasteiger partial charge in [-0.05, 0) is 23.6 Å². The first-order chi connectivity index (χ1) is 9.00. The molecule has 0 N–H and O–H groups in total. The van der Waals surface area contributed by atoms with E-state index in [-0.39, 0.29) is 5.92 Å². The first-order valence-electron chi connectivity index (χ1n) is 5.91. The predicted molar refractivity (Wildman–Crippen MR) is 61.7 cm³/mol. The van der Waals surface area contributed by atoms with E-state index in [0.717, 1.165) is 12.1 Å². The maximum Gasteiger partial charge on any atom is 0.419 e. The van der Waals surface area contributed by atoms with Crippen molar-refractivity contribution in [3.8, 4) is 5.75 Å². The van der Waals surface area contributed by atoms with Gasteiger partial charge in [0.15, 0.2) is 0 Å². The van der Waals surface area contributed by atoms with Crippen LogP contribution in [0.15, 0.2) is 18.2 Å². The topological polar surface area (TPSA) is 9.23 Å². The minimum atomic E-state index is -4.67. The van der Waals surface area contributed by atoms with E-state index < -0.39 is 36.7 Å². The van der Waals surface area contributed by atoms with E-state index in [1.54, 1.807) is 13.8 Å². The van der Waals surface area contributed by atoms with Crippen molar-refractivity contribution in [3.05, 3.63) is 29.3 Å². The number of hydrogen-bond acceptors (Lipinski definition) is 1. The first kappa shape index (κ1) is 16.7. The molecule has 0 saturated carbocycles. The Morgan fingerprint density at radius 3 is 2.10 bits per heavy atom. The van der Waals surface area contributed by atoms with Crippen LogP contribution in [-0.4, -0.2) is 12.8 Å². The highest BCUT2D eigenvalue weighted by Gasteiger charge is 2.35. The van der Waals surface area contributed by atoms with Crippen molar-refractivity contribution >= 4 is 0 Å². The molecule has 0 atom stereocenters. The minimum Gasteiger partial charge on any atom is -0.493 e. The van der Waals surface area contributed by atoms with Gasteiger partial charge in [0.1, 0.15) is 5.75 Å². The number of ether oxygens (including phenoxy) is 1. The fourth-order valence-electron chi connectivity index (χ4n) is 1.53. The summed E-state index contributed by atoms with van der Waals surface area (Å²) < 4.78 is 79.1. The van der Waals surface area contributed by atoms with E-state index in [0.29, 0.717) is 5.56 Å². The molecule has 0 radical (unpaired) electrons. The van der Waals surface area contributed by atoms with Gasteiger partial charge in [-0.1, -0.05) is 19.9 Å². The molecular formula is C13H14F6O. The van der Waals surface area contributed by atoms with Gasteiger partial charge in [0.2, 0.25) is 0 Å². The molecule has 114 valence electrons. The van der Waals surface area contributed by atoms with Crippen LogP contribution >= 0.6 is 0 Å². The number of hydrogen-bond donors (Lipinski definition) is 0. The molecule has 0 saturated heterocycles. The summed E-state index contributed by atoms with van der Waals surface area (Å²) in [5.41, 5.74) is -0.605. The summed E-state index contributed by atoms with van der Waals surface area (Å²) in [7, 11) is 0. The third kappa shape index (κ3) is 4.94. The Morgan fingerprint density at radius 2 is 1.65 bits per heavy atom. The number of benzene rings is 1. The quantitative estimate of drug-likeness (QED) is 0.698. The van der Waals surface area contributed by atoms with Crippen LogP contribution in [0.3, 0.4) is 0 Å². The molecule has 0 bridgehead atoms. The van der Waals surface area contributed by atoms with E-state index in [1.807, 2.05) is 0 Å². The number of halogens is 6. The van der Waals surface area contributed by atoms with Crippen LogP contribution in [0.1, 0.15) is 37.3 Å². The fourth-order valence-corrected chi connectivity index (χ4v) is 1.53. The molecule has 0 heterocycles. The summed E-state index contributed by atoms with van der Waals surface area (Å²) in [6, 6.07) is 3.39. The number of rotatable bonds is 4. The van der Waals surface area contributed by atoms with Gasteiger partial charge < -0.3 is 4.74 Å². The van der Waals surface area contributed by atoms with Crippen LogP contribution in [0.4, 0.5) is 26.3 Å². The minimum absolute atomic E-state index is 0.125. The summed E-state index contributed by atoms with van der Waals surface area (Å²) in [6.07, 6.45) is -10.4. The molecule has 0 aliphatic carbocycles. The highest BCUT2D eigenvalue weighted by molar-refractivity contribution is 5.40. The smallest absolute Gasteiger partial charge is 0.419 e. The second-order valence-corrected chi connectivity index (χ2v) is 4.62. The van der Waals surface area contributed by atoms with E-state index in [9.17, 15) is 26.3 Å². The SMILES string of the molecule is CC(C)c1ccc(OCCC(F)(F)F)c(C(F)(F)F)c1. The molecule has 0 spiro atoms. The van der Waals surface area contributed by atoms with Crippen molar-refractivity contribution in [2.75, 3.05) is 6.61 Å². The summed E-state index contributed by atoms with van der Waals surface area (Å²) in [5, 5.41) is 0. The molecule has 1 aromatic rings. The van der Waals surface area contributed by atoms with Crippen LogP contribution in [0.25, 0.3) is 0 Å². The van der Waals surface area contributed by atoms with Crippen LogP contribution in [-0.2, 0) is 6.18 Å². The molecule has 1 aromatic carbocycles. The zero-order valence-electron chi connectivity index (χ0n) is 10.9. The Bertz CT molecular complexity index is 447. The highest BCUT2D eigenvalue weighted by Crippen LogP contribution is 2.38.